The van der Waals surface area contributed by atoms with E-state index < -0.39 is 0 Å². The van der Waals surface area contributed by atoms with E-state index in [2.05, 4.69) is 10.3 Å². The molecule has 2 aliphatic rings. The zero-order valence-electron chi connectivity index (χ0n) is 14.0. The van der Waals surface area contributed by atoms with Crippen LogP contribution in [0.15, 0.2) is 52.4 Å². The number of hydrogen-bond donors (Lipinski definition) is 1. The number of amides is 1. The molecular formula is C19H16N2O4S. The molecule has 0 atom stereocenters. The molecule has 1 amide bonds. The van der Waals surface area contributed by atoms with Crippen molar-refractivity contribution < 1.29 is 19.0 Å². The van der Waals surface area contributed by atoms with Gasteiger partial charge in [0.2, 0.25) is 0 Å². The molecule has 0 aromatic heterocycles. The number of fused-ring (bicyclic) bond motifs is 1. The number of rotatable bonds is 3. The predicted octanol–water partition coefficient (Wildman–Crippen LogP) is 3.36. The number of amidine groups is 1. The number of methoxy groups -OCH3 is 1. The summed E-state index contributed by atoms with van der Waals surface area (Å²) in [5.74, 6) is 1.88. The van der Waals surface area contributed by atoms with E-state index in [0.717, 1.165) is 11.3 Å². The Balaban J connectivity index is 1.58. The van der Waals surface area contributed by atoms with Crippen LogP contribution in [0.2, 0.25) is 0 Å². The van der Waals surface area contributed by atoms with E-state index >= 15 is 0 Å². The lowest BCUT2D eigenvalue weighted by atomic mass is 10.2. The number of hydrogen-bond acceptors (Lipinski definition) is 6. The van der Waals surface area contributed by atoms with Crippen molar-refractivity contribution in [2.45, 2.75) is 0 Å². The molecule has 4 rings (SSSR count). The van der Waals surface area contributed by atoms with Crippen molar-refractivity contribution in [1.82, 2.24) is 5.32 Å². The second-order valence-electron chi connectivity index (χ2n) is 5.56. The summed E-state index contributed by atoms with van der Waals surface area (Å²) in [5, 5.41) is 3.30. The van der Waals surface area contributed by atoms with Gasteiger partial charge < -0.3 is 19.5 Å². The molecule has 0 bridgehead atoms. The van der Waals surface area contributed by atoms with E-state index in [4.69, 9.17) is 14.2 Å². The molecule has 0 saturated carbocycles. The van der Waals surface area contributed by atoms with Crippen LogP contribution in [0.25, 0.3) is 6.08 Å². The van der Waals surface area contributed by atoms with Crippen LogP contribution in [-0.2, 0) is 4.79 Å². The summed E-state index contributed by atoms with van der Waals surface area (Å²) < 4.78 is 16.4. The number of ether oxygens (including phenoxy) is 3. The van der Waals surface area contributed by atoms with Gasteiger partial charge in [-0.1, -0.05) is 18.2 Å². The first-order valence-electron chi connectivity index (χ1n) is 8.05. The third kappa shape index (κ3) is 3.39. The Morgan fingerprint density at radius 1 is 1.15 bits per heavy atom. The first-order valence-corrected chi connectivity index (χ1v) is 8.87. The van der Waals surface area contributed by atoms with Crippen molar-refractivity contribution in [2.75, 3.05) is 20.3 Å². The molecule has 0 aliphatic carbocycles. The fourth-order valence-corrected chi connectivity index (χ4v) is 3.45. The minimum Gasteiger partial charge on any atom is -0.494 e. The average molecular weight is 368 g/mol. The summed E-state index contributed by atoms with van der Waals surface area (Å²) in [5.41, 5.74) is 1.53. The minimum atomic E-state index is -0.182. The molecule has 2 aromatic rings. The molecule has 132 valence electrons. The normalized spacial score (nSPS) is 18.9. The smallest absolute Gasteiger partial charge is 0.264 e. The number of carbonyl (C=O) groups excluding carboxylic acids is 1. The van der Waals surface area contributed by atoms with E-state index in [0.29, 0.717) is 40.5 Å². The molecule has 7 heteroatoms. The molecule has 6 nitrogen and oxygen atoms in total. The standard InChI is InChI=1S/C19H16N2O4S/c1-23-14-5-3-2-4-13(14)20-19-21-18(22)17(26-19)11-12-6-7-15-16(10-12)25-9-8-24-15/h2-7,10-11H,8-9H2,1H3,(H,20,21,22)/b17-11-. The van der Waals surface area contributed by atoms with Gasteiger partial charge in [-0.3, -0.25) is 4.79 Å². The second-order valence-corrected chi connectivity index (χ2v) is 6.59. The topological polar surface area (TPSA) is 69.2 Å². The zero-order chi connectivity index (χ0) is 17.9. The SMILES string of the molecule is COc1ccccc1N=C1NC(=O)/C(=C/c2ccc3c(c2)OCCO3)S1. The van der Waals surface area contributed by atoms with Crippen LogP contribution >= 0.6 is 11.8 Å². The van der Waals surface area contributed by atoms with Gasteiger partial charge in [-0.05, 0) is 47.7 Å². The predicted molar refractivity (Wildman–Crippen MR) is 101 cm³/mol. The Bertz CT molecular complexity index is 924. The second kappa shape index (κ2) is 7.13. The highest BCUT2D eigenvalue weighted by Crippen LogP contribution is 2.34. The average Bonchev–Trinajstić information content (AvgIpc) is 3.01. The number of carbonyl (C=O) groups is 1. The number of nitrogens with zero attached hydrogens (tertiary/aromatic N) is 1. The van der Waals surface area contributed by atoms with E-state index in [1.807, 2.05) is 48.5 Å². The van der Waals surface area contributed by atoms with Crippen LogP contribution < -0.4 is 19.5 Å². The third-order valence-electron chi connectivity index (χ3n) is 3.82. The van der Waals surface area contributed by atoms with Gasteiger partial charge in [0, 0.05) is 0 Å². The highest BCUT2D eigenvalue weighted by Gasteiger charge is 2.24. The van der Waals surface area contributed by atoms with Gasteiger partial charge in [0.1, 0.15) is 24.7 Å². The maximum Gasteiger partial charge on any atom is 0.264 e. The maximum atomic E-state index is 12.3. The number of aliphatic imine (C=N–C) groups is 1. The van der Waals surface area contributed by atoms with Crippen LogP contribution in [0.3, 0.4) is 0 Å². The lowest BCUT2D eigenvalue weighted by molar-refractivity contribution is -0.115. The van der Waals surface area contributed by atoms with E-state index in [1.54, 1.807) is 7.11 Å². The number of benzene rings is 2. The van der Waals surface area contributed by atoms with E-state index in [9.17, 15) is 4.79 Å². The number of para-hydroxylation sites is 2. The quantitative estimate of drug-likeness (QED) is 0.842. The van der Waals surface area contributed by atoms with Gasteiger partial charge in [-0.15, -0.1) is 0 Å². The third-order valence-corrected chi connectivity index (χ3v) is 4.73. The molecule has 2 aliphatic heterocycles. The number of thioether (sulfide) groups is 1. The molecule has 0 unspecified atom stereocenters. The molecule has 1 N–H and O–H groups in total. The summed E-state index contributed by atoms with van der Waals surface area (Å²) in [4.78, 5) is 17.3. The van der Waals surface area contributed by atoms with Gasteiger partial charge in [0.25, 0.3) is 5.91 Å². The van der Waals surface area contributed by atoms with Crippen LogP contribution in [-0.4, -0.2) is 31.4 Å². The lowest BCUT2D eigenvalue weighted by Gasteiger charge is -2.18. The molecule has 26 heavy (non-hydrogen) atoms. The fraction of sp³-hybridized carbons (Fsp3) is 0.158. The van der Waals surface area contributed by atoms with Gasteiger partial charge >= 0.3 is 0 Å². The van der Waals surface area contributed by atoms with Crippen molar-refractivity contribution >= 4 is 34.6 Å². The highest BCUT2D eigenvalue weighted by molar-refractivity contribution is 8.18. The van der Waals surface area contributed by atoms with Crippen LogP contribution in [0.4, 0.5) is 5.69 Å². The van der Waals surface area contributed by atoms with Gasteiger partial charge in [0.15, 0.2) is 16.7 Å². The summed E-state index contributed by atoms with van der Waals surface area (Å²) >= 11 is 1.29. The van der Waals surface area contributed by atoms with Crippen LogP contribution in [0, 0.1) is 0 Å². The summed E-state index contributed by atoms with van der Waals surface area (Å²) in [6.45, 7) is 1.08. The first kappa shape index (κ1) is 16.5. The lowest BCUT2D eigenvalue weighted by Crippen LogP contribution is -2.19. The van der Waals surface area contributed by atoms with Crippen molar-refractivity contribution in [3.8, 4) is 17.2 Å². The monoisotopic (exact) mass is 368 g/mol. The Labute approximate surface area is 154 Å². The van der Waals surface area contributed by atoms with Gasteiger partial charge in [-0.2, -0.15) is 0 Å². The van der Waals surface area contributed by atoms with Crippen LogP contribution in [0.1, 0.15) is 5.56 Å². The van der Waals surface area contributed by atoms with E-state index in [1.165, 1.54) is 11.8 Å². The molecule has 2 heterocycles. The molecular weight excluding hydrogens is 352 g/mol. The Morgan fingerprint density at radius 3 is 2.81 bits per heavy atom. The van der Waals surface area contributed by atoms with Crippen LogP contribution in [0.5, 0.6) is 17.2 Å². The highest BCUT2D eigenvalue weighted by atomic mass is 32.2. The fourth-order valence-electron chi connectivity index (χ4n) is 2.61. The summed E-state index contributed by atoms with van der Waals surface area (Å²) in [6, 6.07) is 13.0. The Kier molecular flexibility index (Phi) is 4.53. The van der Waals surface area contributed by atoms with Gasteiger partial charge in [-0.25, -0.2) is 4.99 Å². The molecule has 0 radical (unpaired) electrons. The van der Waals surface area contributed by atoms with E-state index in [-0.39, 0.29) is 5.91 Å². The zero-order valence-corrected chi connectivity index (χ0v) is 14.8. The molecule has 1 fully saturated rings. The number of nitrogens with one attached hydrogen (secondary N) is 1. The summed E-state index contributed by atoms with van der Waals surface area (Å²) in [6.07, 6.45) is 1.81. The largest absolute Gasteiger partial charge is 0.494 e. The minimum absolute atomic E-state index is 0.182. The molecule has 1 saturated heterocycles. The van der Waals surface area contributed by atoms with Crippen molar-refractivity contribution in [2.24, 2.45) is 4.99 Å². The van der Waals surface area contributed by atoms with Crippen molar-refractivity contribution in [3.63, 3.8) is 0 Å². The van der Waals surface area contributed by atoms with Gasteiger partial charge in [0.05, 0.1) is 12.0 Å². The maximum absolute atomic E-state index is 12.3. The first-order chi connectivity index (χ1) is 12.7. The van der Waals surface area contributed by atoms with Crippen molar-refractivity contribution in [1.29, 1.82) is 0 Å². The molecule has 0 spiro atoms. The Morgan fingerprint density at radius 2 is 1.96 bits per heavy atom. The Hall–Kier alpha value is -2.93. The molecule has 2 aromatic carbocycles. The summed E-state index contributed by atoms with van der Waals surface area (Å²) in [7, 11) is 1.59. The van der Waals surface area contributed by atoms with Crippen molar-refractivity contribution in [3.05, 3.63) is 52.9 Å².